The number of hydrogen-bond acceptors (Lipinski definition) is 5. The van der Waals surface area contributed by atoms with Crippen molar-refractivity contribution in [1.82, 2.24) is 9.97 Å². The summed E-state index contributed by atoms with van der Waals surface area (Å²) in [5.41, 5.74) is 0.192. The van der Waals surface area contributed by atoms with Crippen LogP contribution in [0.15, 0.2) is 36.7 Å². The average molecular weight is 241 g/mol. The monoisotopic (exact) mass is 241 g/mol. The van der Waals surface area contributed by atoms with E-state index >= 15 is 0 Å². The Morgan fingerprint density at radius 2 is 2.06 bits per heavy atom. The quantitative estimate of drug-likeness (QED) is 0.880. The van der Waals surface area contributed by atoms with Crippen molar-refractivity contribution in [3.63, 3.8) is 0 Å². The lowest BCUT2D eigenvalue weighted by Crippen LogP contribution is -2.01. The first-order valence-electron chi connectivity index (χ1n) is 4.93. The third-order valence-corrected chi connectivity index (χ3v) is 2.07. The molecule has 2 rings (SSSR count). The summed E-state index contributed by atoms with van der Waals surface area (Å²) in [5.74, 6) is -0.688. The summed E-state index contributed by atoms with van der Waals surface area (Å²) in [5, 5.41) is 17.5. The van der Waals surface area contributed by atoms with E-state index in [1.54, 1.807) is 24.3 Å². The lowest BCUT2D eigenvalue weighted by atomic mass is 10.2. The number of hydrogen-bond donors (Lipinski definition) is 1. The Balaban J connectivity index is 2.24. The van der Waals surface area contributed by atoms with Crippen LogP contribution in [0.5, 0.6) is 11.6 Å². The maximum Gasteiger partial charge on any atom is 0.356 e. The van der Waals surface area contributed by atoms with Crippen molar-refractivity contribution >= 4 is 5.97 Å². The maximum atomic E-state index is 10.6. The number of ether oxygens (including phenoxy) is 1. The first kappa shape index (κ1) is 11.5. The molecule has 0 bridgehead atoms. The van der Waals surface area contributed by atoms with Gasteiger partial charge >= 0.3 is 5.97 Å². The molecule has 88 valence electrons. The molecule has 0 unspecified atom stereocenters. The number of carboxylic acids is 1. The van der Waals surface area contributed by atoms with E-state index in [2.05, 4.69) is 9.97 Å². The van der Waals surface area contributed by atoms with Gasteiger partial charge in [-0.15, -0.1) is 0 Å². The van der Waals surface area contributed by atoms with Crippen molar-refractivity contribution in [1.29, 1.82) is 5.26 Å². The van der Waals surface area contributed by atoms with Gasteiger partial charge in [0.15, 0.2) is 5.69 Å². The van der Waals surface area contributed by atoms with E-state index < -0.39 is 5.97 Å². The lowest BCUT2D eigenvalue weighted by Gasteiger charge is -2.05. The molecule has 6 nitrogen and oxygen atoms in total. The number of aromatic carboxylic acids is 1. The molecular weight excluding hydrogens is 234 g/mol. The second-order valence-corrected chi connectivity index (χ2v) is 3.26. The van der Waals surface area contributed by atoms with Crippen LogP contribution in [-0.4, -0.2) is 21.0 Å². The van der Waals surface area contributed by atoms with Crippen molar-refractivity contribution in [2.75, 3.05) is 0 Å². The molecule has 0 spiro atoms. The third-order valence-electron chi connectivity index (χ3n) is 2.07. The maximum absolute atomic E-state index is 10.6. The number of rotatable bonds is 3. The second-order valence-electron chi connectivity index (χ2n) is 3.26. The molecule has 0 aliphatic rings. The molecule has 0 saturated carbocycles. The highest BCUT2D eigenvalue weighted by Gasteiger charge is 2.07. The van der Waals surface area contributed by atoms with E-state index in [-0.39, 0.29) is 11.6 Å². The fourth-order valence-corrected chi connectivity index (χ4v) is 1.24. The fraction of sp³-hybridized carbons (Fsp3) is 0. The van der Waals surface area contributed by atoms with Gasteiger partial charge in [-0.3, -0.25) is 0 Å². The molecule has 1 aromatic heterocycles. The summed E-state index contributed by atoms with van der Waals surface area (Å²) in [6.07, 6.45) is 2.28. The van der Waals surface area contributed by atoms with Gasteiger partial charge in [0.25, 0.3) is 0 Å². The highest BCUT2D eigenvalue weighted by atomic mass is 16.5. The zero-order valence-electron chi connectivity index (χ0n) is 9.07. The van der Waals surface area contributed by atoms with Crippen LogP contribution in [0.1, 0.15) is 16.1 Å². The van der Waals surface area contributed by atoms with Crippen LogP contribution in [0.25, 0.3) is 0 Å². The second kappa shape index (κ2) is 4.93. The number of carbonyl (C=O) groups is 1. The molecule has 2 aromatic rings. The van der Waals surface area contributed by atoms with Gasteiger partial charge in [-0.2, -0.15) is 5.26 Å². The van der Waals surface area contributed by atoms with Gasteiger partial charge in [-0.05, 0) is 12.1 Å². The predicted octanol–water partition coefficient (Wildman–Crippen LogP) is 1.84. The number of aromatic nitrogens is 2. The average Bonchev–Trinajstić information content (AvgIpc) is 2.40. The lowest BCUT2D eigenvalue weighted by molar-refractivity contribution is 0.0690. The number of nitrogens with zero attached hydrogens (tertiary/aromatic N) is 3. The summed E-state index contributed by atoms with van der Waals surface area (Å²) < 4.78 is 5.35. The Morgan fingerprint density at radius 1 is 1.28 bits per heavy atom. The summed E-state index contributed by atoms with van der Waals surface area (Å²) in [6.45, 7) is 0. The molecule has 1 aromatic carbocycles. The number of carboxylic acid groups (broad SMARTS) is 1. The molecule has 6 heteroatoms. The van der Waals surface area contributed by atoms with Gasteiger partial charge in [0.2, 0.25) is 5.88 Å². The van der Waals surface area contributed by atoms with Gasteiger partial charge in [0.1, 0.15) is 11.8 Å². The van der Waals surface area contributed by atoms with Gasteiger partial charge < -0.3 is 9.84 Å². The van der Waals surface area contributed by atoms with Crippen LogP contribution >= 0.6 is 0 Å². The minimum atomic E-state index is -1.16. The van der Waals surface area contributed by atoms with Gasteiger partial charge in [-0.1, -0.05) is 12.1 Å². The Bertz CT molecular complexity index is 617. The molecule has 0 aliphatic heterocycles. The Hall–Kier alpha value is -2.94. The minimum absolute atomic E-state index is 0.128. The largest absolute Gasteiger partial charge is 0.476 e. The highest BCUT2D eigenvalue weighted by molar-refractivity contribution is 5.84. The van der Waals surface area contributed by atoms with Crippen LogP contribution in [0.2, 0.25) is 0 Å². The molecule has 0 radical (unpaired) electrons. The zero-order valence-corrected chi connectivity index (χ0v) is 9.07. The van der Waals surface area contributed by atoms with Crippen molar-refractivity contribution in [2.24, 2.45) is 0 Å². The molecule has 0 aliphatic carbocycles. The van der Waals surface area contributed by atoms with E-state index in [4.69, 9.17) is 15.1 Å². The van der Waals surface area contributed by atoms with Crippen molar-refractivity contribution in [3.8, 4) is 17.7 Å². The van der Waals surface area contributed by atoms with Crippen LogP contribution in [0, 0.1) is 11.3 Å². The van der Waals surface area contributed by atoms with Crippen molar-refractivity contribution in [3.05, 3.63) is 47.9 Å². The Labute approximate surface area is 102 Å². The van der Waals surface area contributed by atoms with Gasteiger partial charge in [-0.25, -0.2) is 14.8 Å². The molecule has 0 amide bonds. The zero-order chi connectivity index (χ0) is 13.0. The number of para-hydroxylation sites is 1. The van der Waals surface area contributed by atoms with E-state index in [1.165, 1.54) is 6.20 Å². The van der Waals surface area contributed by atoms with Crippen LogP contribution < -0.4 is 4.74 Å². The normalized spacial score (nSPS) is 9.50. The summed E-state index contributed by atoms with van der Waals surface area (Å²) in [4.78, 5) is 18.0. The van der Waals surface area contributed by atoms with E-state index in [1.807, 2.05) is 6.07 Å². The fourth-order valence-electron chi connectivity index (χ4n) is 1.24. The molecule has 0 saturated heterocycles. The van der Waals surface area contributed by atoms with Crippen molar-refractivity contribution < 1.29 is 14.6 Å². The topological polar surface area (TPSA) is 96.1 Å². The molecule has 1 N–H and O–H groups in total. The Kier molecular flexibility index (Phi) is 3.16. The summed E-state index contributed by atoms with van der Waals surface area (Å²) in [6, 6.07) is 8.63. The smallest absolute Gasteiger partial charge is 0.356 e. The van der Waals surface area contributed by atoms with E-state index in [9.17, 15) is 4.79 Å². The summed E-state index contributed by atoms with van der Waals surface area (Å²) >= 11 is 0. The standard InChI is InChI=1S/C12H7N3O3/c13-5-8-3-1-2-4-10(8)18-11-7-14-9(6-15-11)12(16)17/h1-4,6-7H,(H,16,17). The van der Waals surface area contributed by atoms with E-state index in [0.717, 1.165) is 6.20 Å². The highest BCUT2D eigenvalue weighted by Crippen LogP contribution is 2.22. The molecule has 18 heavy (non-hydrogen) atoms. The number of benzene rings is 1. The molecule has 1 heterocycles. The molecule has 0 atom stereocenters. The summed E-state index contributed by atoms with van der Waals surface area (Å²) in [7, 11) is 0. The van der Waals surface area contributed by atoms with Crippen LogP contribution in [0.4, 0.5) is 0 Å². The first-order valence-corrected chi connectivity index (χ1v) is 4.93. The SMILES string of the molecule is N#Cc1ccccc1Oc1cnc(C(=O)O)cn1. The molecule has 0 fully saturated rings. The van der Waals surface area contributed by atoms with Crippen LogP contribution in [0.3, 0.4) is 0 Å². The van der Waals surface area contributed by atoms with Gasteiger partial charge in [0, 0.05) is 0 Å². The minimum Gasteiger partial charge on any atom is -0.476 e. The van der Waals surface area contributed by atoms with Gasteiger partial charge in [0.05, 0.1) is 18.0 Å². The number of nitriles is 1. The Morgan fingerprint density at radius 3 is 2.67 bits per heavy atom. The predicted molar refractivity (Wildman–Crippen MR) is 60.2 cm³/mol. The van der Waals surface area contributed by atoms with E-state index in [0.29, 0.717) is 11.3 Å². The van der Waals surface area contributed by atoms with Crippen molar-refractivity contribution in [2.45, 2.75) is 0 Å². The first-order chi connectivity index (χ1) is 8.70. The third kappa shape index (κ3) is 2.41. The molecular formula is C12H7N3O3. The van der Waals surface area contributed by atoms with Crippen LogP contribution in [-0.2, 0) is 0 Å².